The third-order valence-corrected chi connectivity index (χ3v) is 2.85. The number of carbonyl (C=O) groups is 2. The SMILES string of the molecule is CNC(=O)NNC(=O)c1csc(Br)c1. The molecule has 76 valence electrons. The molecule has 0 aliphatic heterocycles. The summed E-state index contributed by atoms with van der Waals surface area (Å²) < 4.78 is 0.864. The lowest BCUT2D eigenvalue weighted by Gasteiger charge is -2.04. The van der Waals surface area contributed by atoms with E-state index in [0.717, 1.165) is 3.79 Å². The Morgan fingerprint density at radius 1 is 1.43 bits per heavy atom. The molecule has 0 aliphatic rings. The van der Waals surface area contributed by atoms with Crippen LogP contribution in [0.3, 0.4) is 0 Å². The van der Waals surface area contributed by atoms with Gasteiger partial charge in [0.15, 0.2) is 0 Å². The molecule has 0 aliphatic carbocycles. The molecule has 0 fully saturated rings. The van der Waals surface area contributed by atoms with E-state index in [1.54, 1.807) is 11.4 Å². The van der Waals surface area contributed by atoms with Crippen LogP contribution in [0.15, 0.2) is 15.2 Å². The normalized spacial score (nSPS) is 9.29. The number of amides is 3. The predicted octanol–water partition coefficient (Wildman–Crippen LogP) is 1.08. The van der Waals surface area contributed by atoms with Crippen LogP contribution in [0.2, 0.25) is 0 Å². The summed E-state index contributed by atoms with van der Waals surface area (Å²) in [6, 6.07) is 1.21. The van der Waals surface area contributed by atoms with E-state index in [2.05, 4.69) is 32.1 Å². The van der Waals surface area contributed by atoms with E-state index in [0.29, 0.717) is 5.56 Å². The molecule has 7 heteroatoms. The van der Waals surface area contributed by atoms with Crippen molar-refractivity contribution in [3.05, 3.63) is 20.8 Å². The molecule has 0 aromatic carbocycles. The van der Waals surface area contributed by atoms with Gasteiger partial charge in [-0.05, 0) is 22.0 Å². The molecule has 1 aromatic rings. The Morgan fingerprint density at radius 2 is 2.14 bits per heavy atom. The van der Waals surface area contributed by atoms with Gasteiger partial charge in [0, 0.05) is 12.4 Å². The summed E-state index contributed by atoms with van der Waals surface area (Å²) in [4.78, 5) is 22.0. The summed E-state index contributed by atoms with van der Waals surface area (Å²) in [6.07, 6.45) is 0. The molecule has 0 bridgehead atoms. The van der Waals surface area contributed by atoms with Crippen molar-refractivity contribution in [2.75, 3.05) is 7.05 Å². The summed E-state index contributed by atoms with van der Waals surface area (Å²) in [7, 11) is 1.46. The number of nitrogens with one attached hydrogen (secondary N) is 3. The van der Waals surface area contributed by atoms with Crippen LogP contribution in [0.25, 0.3) is 0 Å². The summed E-state index contributed by atoms with van der Waals surface area (Å²) in [5.41, 5.74) is 4.93. The maximum absolute atomic E-state index is 11.3. The first-order valence-corrected chi connectivity index (χ1v) is 5.33. The number of hydrogen-bond donors (Lipinski definition) is 3. The Bertz CT molecular complexity index is 352. The Morgan fingerprint density at radius 3 is 2.64 bits per heavy atom. The quantitative estimate of drug-likeness (QED) is 0.673. The largest absolute Gasteiger partial charge is 0.340 e. The average Bonchev–Trinajstić information content (AvgIpc) is 2.60. The highest BCUT2D eigenvalue weighted by atomic mass is 79.9. The molecule has 0 unspecified atom stereocenters. The lowest BCUT2D eigenvalue weighted by molar-refractivity contribution is 0.0937. The Hall–Kier alpha value is -1.08. The van der Waals surface area contributed by atoms with E-state index < -0.39 is 6.03 Å². The third-order valence-electron chi connectivity index (χ3n) is 1.35. The highest BCUT2D eigenvalue weighted by Crippen LogP contribution is 2.20. The second-order valence-electron chi connectivity index (χ2n) is 2.30. The van der Waals surface area contributed by atoms with Crippen molar-refractivity contribution in [2.24, 2.45) is 0 Å². The Balaban J connectivity index is 2.47. The van der Waals surface area contributed by atoms with Gasteiger partial charge in [-0.2, -0.15) is 0 Å². The van der Waals surface area contributed by atoms with E-state index in [4.69, 9.17) is 0 Å². The van der Waals surface area contributed by atoms with Crippen LogP contribution < -0.4 is 16.2 Å². The molecule has 1 rings (SSSR count). The molecular weight excluding hydrogens is 270 g/mol. The zero-order chi connectivity index (χ0) is 10.6. The number of urea groups is 1. The summed E-state index contributed by atoms with van der Waals surface area (Å²) >= 11 is 4.63. The molecule has 5 nitrogen and oxygen atoms in total. The summed E-state index contributed by atoms with van der Waals surface area (Å²) in [5.74, 6) is -0.351. The fraction of sp³-hybridized carbons (Fsp3) is 0.143. The monoisotopic (exact) mass is 277 g/mol. The highest BCUT2D eigenvalue weighted by molar-refractivity contribution is 9.11. The number of halogens is 1. The Labute approximate surface area is 93.0 Å². The molecule has 0 saturated carbocycles. The van der Waals surface area contributed by atoms with E-state index in [1.165, 1.54) is 18.4 Å². The van der Waals surface area contributed by atoms with Crippen molar-refractivity contribution in [1.29, 1.82) is 0 Å². The molecule has 0 spiro atoms. The average molecular weight is 278 g/mol. The van der Waals surface area contributed by atoms with Gasteiger partial charge in [-0.25, -0.2) is 10.2 Å². The fourth-order valence-corrected chi connectivity index (χ4v) is 1.81. The van der Waals surface area contributed by atoms with Crippen LogP contribution >= 0.6 is 27.3 Å². The first-order valence-electron chi connectivity index (χ1n) is 3.65. The third kappa shape index (κ3) is 3.00. The molecule has 3 N–H and O–H groups in total. The predicted molar refractivity (Wildman–Crippen MR) is 57.1 cm³/mol. The molecule has 1 aromatic heterocycles. The zero-order valence-electron chi connectivity index (χ0n) is 7.26. The standard InChI is InChI=1S/C7H8BrN3O2S/c1-9-7(13)11-10-6(12)4-2-5(8)14-3-4/h2-3H,1H3,(H,10,12)(H2,9,11,13). The van der Waals surface area contributed by atoms with Gasteiger partial charge in [0.05, 0.1) is 9.35 Å². The summed E-state index contributed by atoms with van der Waals surface area (Å²) in [5, 5.41) is 3.99. The van der Waals surface area contributed by atoms with Crippen molar-refractivity contribution in [3.63, 3.8) is 0 Å². The topological polar surface area (TPSA) is 70.2 Å². The first-order chi connectivity index (χ1) is 6.63. The maximum Gasteiger partial charge on any atom is 0.333 e. The Kier molecular flexibility index (Phi) is 3.90. The van der Waals surface area contributed by atoms with Gasteiger partial charge >= 0.3 is 6.03 Å². The lowest BCUT2D eigenvalue weighted by atomic mass is 10.3. The van der Waals surface area contributed by atoms with Crippen molar-refractivity contribution in [1.82, 2.24) is 16.2 Å². The van der Waals surface area contributed by atoms with Crippen molar-refractivity contribution in [2.45, 2.75) is 0 Å². The molecule has 0 saturated heterocycles. The second kappa shape index (κ2) is 4.97. The molecule has 1 heterocycles. The van der Waals surface area contributed by atoms with Gasteiger partial charge in [-0.15, -0.1) is 11.3 Å². The number of rotatable bonds is 1. The second-order valence-corrected chi connectivity index (χ2v) is 4.59. The van der Waals surface area contributed by atoms with Crippen LogP contribution in [0.4, 0.5) is 4.79 Å². The van der Waals surface area contributed by atoms with Crippen molar-refractivity contribution < 1.29 is 9.59 Å². The lowest BCUT2D eigenvalue weighted by Crippen LogP contribution is -2.45. The van der Waals surface area contributed by atoms with Crippen molar-refractivity contribution >= 4 is 39.2 Å². The van der Waals surface area contributed by atoms with Crippen molar-refractivity contribution in [3.8, 4) is 0 Å². The van der Waals surface area contributed by atoms with E-state index in [1.807, 2.05) is 0 Å². The number of thiophene rings is 1. The molecular formula is C7H8BrN3O2S. The van der Waals surface area contributed by atoms with Gasteiger partial charge in [0.1, 0.15) is 0 Å². The minimum atomic E-state index is -0.465. The molecule has 0 atom stereocenters. The van der Waals surface area contributed by atoms with E-state index in [-0.39, 0.29) is 5.91 Å². The molecule has 0 radical (unpaired) electrons. The minimum absolute atomic E-state index is 0.351. The number of hydrazine groups is 1. The molecule has 3 amide bonds. The van der Waals surface area contributed by atoms with Gasteiger partial charge in [0.25, 0.3) is 5.91 Å². The van der Waals surface area contributed by atoms with Crippen LogP contribution in [-0.4, -0.2) is 19.0 Å². The van der Waals surface area contributed by atoms with Crippen LogP contribution in [0, 0.1) is 0 Å². The van der Waals surface area contributed by atoms with Gasteiger partial charge < -0.3 is 5.32 Å². The zero-order valence-corrected chi connectivity index (χ0v) is 9.66. The first kappa shape index (κ1) is 11.0. The number of carbonyl (C=O) groups excluding carboxylic acids is 2. The smallest absolute Gasteiger partial charge is 0.333 e. The molecule has 14 heavy (non-hydrogen) atoms. The fourth-order valence-electron chi connectivity index (χ4n) is 0.677. The van der Waals surface area contributed by atoms with E-state index in [9.17, 15) is 9.59 Å². The van der Waals surface area contributed by atoms with Gasteiger partial charge in [0.2, 0.25) is 0 Å². The number of hydrogen-bond acceptors (Lipinski definition) is 3. The van der Waals surface area contributed by atoms with Crippen LogP contribution in [0.1, 0.15) is 10.4 Å². The maximum atomic E-state index is 11.3. The van der Waals surface area contributed by atoms with Gasteiger partial charge in [-0.3, -0.25) is 10.2 Å². The highest BCUT2D eigenvalue weighted by Gasteiger charge is 2.07. The van der Waals surface area contributed by atoms with E-state index >= 15 is 0 Å². The van der Waals surface area contributed by atoms with Crippen LogP contribution in [-0.2, 0) is 0 Å². The van der Waals surface area contributed by atoms with Gasteiger partial charge in [-0.1, -0.05) is 0 Å². The summed E-state index contributed by atoms with van der Waals surface area (Å²) in [6.45, 7) is 0. The van der Waals surface area contributed by atoms with Crippen LogP contribution in [0.5, 0.6) is 0 Å². The minimum Gasteiger partial charge on any atom is -0.340 e.